The molecule has 19 heavy (non-hydrogen) atoms. The number of hydrogen-bond donors (Lipinski definition) is 2. The molecule has 0 aliphatic heterocycles. The summed E-state index contributed by atoms with van der Waals surface area (Å²) in [6, 6.07) is 4.02. The molecule has 2 rings (SSSR count). The Labute approximate surface area is 107 Å². The van der Waals surface area contributed by atoms with Crippen molar-refractivity contribution in [3.63, 3.8) is 0 Å². The maximum absolute atomic E-state index is 12.1. The van der Waals surface area contributed by atoms with E-state index in [1.165, 1.54) is 19.1 Å². The van der Waals surface area contributed by atoms with Crippen molar-refractivity contribution in [1.29, 1.82) is 0 Å². The molecule has 0 saturated heterocycles. The number of H-pyrrole nitrogens is 1. The minimum Gasteiger partial charge on any atom is -0.258 e. The largest absolute Gasteiger partial charge is 0.290 e. The van der Waals surface area contributed by atoms with E-state index in [2.05, 4.69) is 19.9 Å². The first-order valence-corrected chi connectivity index (χ1v) is 6.52. The number of rotatable bonds is 4. The predicted molar refractivity (Wildman–Crippen MR) is 65.0 cm³/mol. The second kappa shape index (κ2) is 4.65. The second-order valence-corrected chi connectivity index (χ2v) is 5.24. The number of nitro groups is 1. The number of aromatic nitrogens is 3. The lowest BCUT2D eigenvalue weighted by Gasteiger charge is -2.08. The fourth-order valence-electron chi connectivity index (χ4n) is 1.56. The van der Waals surface area contributed by atoms with Crippen molar-refractivity contribution in [1.82, 2.24) is 15.2 Å². The lowest BCUT2D eigenvalue weighted by atomic mass is 10.2. The van der Waals surface area contributed by atoms with Crippen molar-refractivity contribution in [3.05, 3.63) is 40.2 Å². The Morgan fingerprint density at radius 1 is 1.42 bits per heavy atom. The number of hydrogen-bond acceptors (Lipinski definition) is 6. The van der Waals surface area contributed by atoms with Crippen molar-refractivity contribution >= 4 is 21.7 Å². The molecule has 0 atom stereocenters. The Morgan fingerprint density at radius 3 is 2.74 bits per heavy atom. The van der Waals surface area contributed by atoms with Gasteiger partial charge < -0.3 is 0 Å². The van der Waals surface area contributed by atoms with E-state index in [1.54, 1.807) is 0 Å². The van der Waals surface area contributed by atoms with Crippen LogP contribution in [-0.4, -0.2) is 28.5 Å². The van der Waals surface area contributed by atoms with Crippen LogP contribution >= 0.6 is 0 Å². The molecular formula is C9H9N5O4S. The normalized spacial score (nSPS) is 11.2. The van der Waals surface area contributed by atoms with Crippen LogP contribution in [0.2, 0.25) is 0 Å². The van der Waals surface area contributed by atoms with Crippen molar-refractivity contribution in [2.24, 2.45) is 0 Å². The van der Waals surface area contributed by atoms with E-state index in [1.807, 2.05) is 0 Å². The van der Waals surface area contributed by atoms with Gasteiger partial charge in [-0.05, 0) is 12.5 Å². The molecule has 0 radical (unpaired) electrons. The van der Waals surface area contributed by atoms with Crippen LogP contribution in [-0.2, 0) is 10.0 Å². The molecule has 0 bridgehead atoms. The number of nitrogens with one attached hydrogen (secondary N) is 2. The van der Waals surface area contributed by atoms with Gasteiger partial charge in [-0.2, -0.15) is 10.1 Å². The summed E-state index contributed by atoms with van der Waals surface area (Å²) in [5.41, 5.74) is -0.228. The summed E-state index contributed by atoms with van der Waals surface area (Å²) in [4.78, 5) is 13.4. The maximum atomic E-state index is 12.1. The summed E-state index contributed by atoms with van der Waals surface area (Å²) < 4.78 is 26.4. The van der Waals surface area contributed by atoms with Gasteiger partial charge in [-0.15, -0.1) is 0 Å². The highest BCUT2D eigenvalue weighted by atomic mass is 32.2. The van der Waals surface area contributed by atoms with E-state index in [9.17, 15) is 18.5 Å². The SMILES string of the molecule is Cc1cccc([N+](=O)[O-])c1S(=O)(=O)Nc1ncn[nH]1. The lowest BCUT2D eigenvalue weighted by Crippen LogP contribution is -2.17. The summed E-state index contributed by atoms with van der Waals surface area (Å²) >= 11 is 0. The number of aryl methyl sites for hydroxylation is 1. The monoisotopic (exact) mass is 283 g/mol. The number of nitrogens with zero attached hydrogens (tertiary/aromatic N) is 3. The van der Waals surface area contributed by atoms with Gasteiger partial charge in [0, 0.05) is 6.07 Å². The van der Waals surface area contributed by atoms with Gasteiger partial charge >= 0.3 is 0 Å². The molecule has 0 unspecified atom stereocenters. The topological polar surface area (TPSA) is 131 Å². The van der Waals surface area contributed by atoms with Gasteiger partial charge in [-0.25, -0.2) is 18.2 Å². The molecule has 1 heterocycles. The fourth-order valence-corrected chi connectivity index (χ4v) is 2.93. The molecular weight excluding hydrogens is 274 g/mol. The van der Waals surface area contributed by atoms with Gasteiger partial charge in [-0.3, -0.25) is 10.1 Å². The summed E-state index contributed by atoms with van der Waals surface area (Å²) in [5, 5.41) is 16.7. The highest BCUT2D eigenvalue weighted by molar-refractivity contribution is 7.92. The average molecular weight is 283 g/mol. The van der Waals surface area contributed by atoms with Crippen molar-refractivity contribution in [3.8, 4) is 0 Å². The van der Waals surface area contributed by atoms with Crippen molar-refractivity contribution in [2.75, 3.05) is 4.72 Å². The van der Waals surface area contributed by atoms with Crippen LogP contribution in [0.15, 0.2) is 29.4 Å². The Morgan fingerprint density at radius 2 is 2.16 bits per heavy atom. The van der Waals surface area contributed by atoms with Gasteiger partial charge in [0.15, 0.2) is 4.90 Å². The first-order chi connectivity index (χ1) is 8.92. The zero-order valence-corrected chi connectivity index (χ0v) is 10.5. The number of sulfonamides is 1. The number of nitro benzene ring substituents is 1. The third-order valence-electron chi connectivity index (χ3n) is 2.30. The van der Waals surface area contributed by atoms with Crippen LogP contribution in [0, 0.1) is 17.0 Å². The first kappa shape index (κ1) is 13.0. The molecule has 9 nitrogen and oxygen atoms in total. The molecule has 0 saturated carbocycles. The molecule has 2 N–H and O–H groups in total. The smallest absolute Gasteiger partial charge is 0.258 e. The molecule has 0 spiro atoms. The van der Waals surface area contributed by atoms with E-state index in [-0.39, 0.29) is 11.5 Å². The zero-order valence-electron chi connectivity index (χ0n) is 9.69. The highest BCUT2D eigenvalue weighted by Crippen LogP contribution is 2.27. The summed E-state index contributed by atoms with van der Waals surface area (Å²) in [7, 11) is -4.11. The summed E-state index contributed by atoms with van der Waals surface area (Å²) in [5.74, 6) is -0.113. The lowest BCUT2D eigenvalue weighted by molar-refractivity contribution is -0.387. The van der Waals surface area contributed by atoms with Crippen molar-refractivity contribution < 1.29 is 13.3 Å². The molecule has 0 aliphatic rings. The molecule has 0 amide bonds. The van der Waals surface area contributed by atoms with E-state index in [0.29, 0.717) is 0 Å². The maximum Gasteiger partial charge on any atom is 0.290 e. The number of aromatic amines is 1. The zero-order chi connectivity index (χ0) is 14.0. The van der Waals surface area contributed by atoms with E-state index in [4.69, 9.17) is 0 Å². The minimum absolute atomic E-state index is 0.113. The molecule has 1 aromatic heterocycles. The molecule has 2 aromatic rings. The van der Waals surface area contributed by atoms with Gasteiger partial charge in [0.05, 0.1) is 4.92 Å². The predicted octanol–water partition coefficient (Wildman–Crippen LogP) is 0.822. The molecule has 0 fully saturated rings. The third kappa shape index (κ3) is 2.52. The van der Waals surface area contributed by atoms with Crippen LogP contribution in [0.1, 0.15) is 5.56 Å². The Hall–Kier alpha value is -2.49. The molecule has 100 valence electrons. The fraction of sp³-hybridized carbons (Fsp3) is 0.111. The van der Waals surface area contributed by atoms with Crippen LogP contribution in [0.25, 0.3) is 0 Å². The Balaban J connectivity index is 2.54. The Bertz CT molecular complexity index is 710. The standard InChI is InChI=1S/C9H9N5O4S/c1-6-3-2-4-7(14(15)16)8(6)19(17,18)13-9-10-5-11-12-9/h2-5H,1H3,(H2,10,11,12,13). The molecule has 0 aliphatic carbocycles. The second-order valence-electron chi connectivity index (χ2n) is 3.62. The van der Waals surface area contributed by atoms with E-state index >= 15 is 0 Å². The average Bonchev–Trinajstić information content (AvgIpc) is 2.80. The molecule has 10 heteroatoms. The van der Waals surface area contributed by atoms with Gasteiger partial charge in [0.2, 0.25) is 5.95 Å². The van der Waals surface area contributed by atoms with Crippen LogP contribution in [0.5, 0.6) is 0 Å². The van der Waals surface area contributed by atoms with Gasteiger partial charge in [0.1, 0.15) is 6.33 Å². The first-order valence-electron chi connectivity index (χ1n) is 5.04. The van der Waals surface area contributed by atoms with Crippen LogP contribution in [0.3, 0.4) is 0 Å². The van der Waals surface area contributed by atoms with Gasteiger partial charge in [0.25, 0.3) is 15.7 Å². The number of anilines is 1. The third-order valence-corrected chi connectivity index (χ3v) is 3.83. The van der Waals surface area contributed by atoms with Crippen molar-refractivity contribution in [2.45, 2.75) is 11.8 Å². The minimum atomic E-state index is -4.11. The van der Waals surface area contributed by atoms with Gasteiger partial charge in [-0.1, -0.05) is 12.1 Å². The number of benzene rings is 1. The Kier molecular flexibility index (Phi) is 3.17. The quantitative estimate of drug-likeness (QED) is 0.630. The van der Waals surface area contributed by atoms with Crippen LogP contribution < -0.4 is 4.72 Å². The van der Waals surface area contributed by atoms with E-state index < -0.39 is 25.5 Å². The van der Waals surface area contributed by atoms with E-state index in [0.717, 1.165) is 12.4 Å². The summed E-state index contributed by atoms with van der Waals surface area (Å²) in [6.07, 6.45) is 1.12. The highest BCUT2D eigenvalue weighted by Gasteiger charge is 2.28. The van der Waals surface area contributed by atoms with Crippen LogP contribution in [0.4, 0.5) is 11.6 Å². The molecule has 1 aromatic carbocycles. The summed E-state index contributed by atoms with van der Waals surface area (Å²) in [6.45, 7) is 1.47.